The summed E-state index contributed by atoms with van der Waals surface area (Å²) < 4.78 is 0. The van der Waals surface area contributed by atoms with Gasteiger partial charge in [0.25, 0.3) is 0 Å². The van der Waals surface area contributed by atoms with Crippen molar-refractivity contribution in [3.8, 4) is 0 Å². The van der Waals surface area contributed by atoms with Crippen LogP contribution in [0.2, 0.25) is 0 Å². The van der Waals surface area contributed by atoms with Crippen LogP contribution < -0.4 is 10.6 Å². The highest BCUT2D eigenvalue weighted by Gasteiger charge is 2.29. The lowest BCUT2D eigenvalue weighted by Gasteiger charge is -2.38. The maximum absolute atomic E-state index is 3.53. The van der Waals surface area contributed by atoms with E-state index in [1.807, 2.05) is 0 Å². The van der Waals surface area contributed by atoms with E-state index >= 15 is 0 Å². The van der Waals surface area contributed by atoms with Crippen molar-refractivity contribution in [2.75, 3.05) is 26.2 Å². The van der Waals surface area contributed by atoms with Crippen LogP contribution in [0.3, 0.4) is 0 Å². The predicted molar refractivity (Wildman–Crippen MR) is 55.7 cm³/mol. The van der Waals surface area contributed by atoms with Gasteiger partial charge in [-0.05, 0) is 63.2 Å². The highest BCUT2D eigenvalue weighted by molar-refractivity contribution is 4.83. The molecule has 0 aromatic rings. The Balaban J connectivity index is 1.88. The molecule has 13 heavy (non-hydrogen) atoms. The summed E-state index contributed by atoms with van der Waals surface area (Å²) >= 11 is 0. The predicted octanol–water partition coefficient (Wildman–Crippen LogP) is 1.23. The summed E-state index contributed by atoms with van der Waals surface area (Å²) in [7, 11) is 0. The number of piperidine rings is 2. The first kappa shape index (κ1) is 9.47. The van der Waals surface area contributed by atoms with Crippen molar-refractivity contribution in [3.05, 3.63) is 0 Å². The van der Waals surface area contributed by atoms with Gasteiger partial charge >= 0.3 is 0 Å². The SMILES string of the molecule is CC1CNCCC1C1CCCNC1. The molecule has 2 nitrogen and oxygen atoms in total. The molecule has 0 saturated carbocycles. The van der Waals surface area contributed by atoms with Crippen LogP contribution in [-0.2, 0) is 0 Å². The third-order valence-corrected chi connectivity index (χ3v) is 3.79. The van der Waals surface area contributed by atoms with E-state index in [0.29, 0.717) is 0 Å². The highest BCUT2D eigenvalue weighted by atomic mass is 14.9. The molecule has 0 spiro atoms. The van der Waals surface area contributed by atoms with Crippen LogP contribution in [-0.4, -0.2) is 26.2 Å². The number of rotatable bonds is 1. The molecule has 0 bridgehead atoms. The lowest BCUT2D eigenvalue weighted by molar-refractivity contribution is 0.159. The van der Waals surface area contributed by atoms with Crippen LogP contribution >= 0.6 is 0 Å². The van der Waals surface area contributed by atoms with Crippen molar-refractivity contribution < 1.29 is 0 Å². The normalized spacial score (nSPS) is 41.8. The summed E-state index contributed by atoms with van der Waals surface area (Å²) in [4.78, 5) is 0. The second kappa shape index (κ2) is 4.43. The van der Waals surface area contributed by atoms with Crippen LogP contribution in [0.1, 0.15) is 26.2 Å². The minimum absolute atomic E-state index is 0.888. The van der Waals surface area contributed by atoms with Gasteiger partial charge in [0, 0.05) is 0 Å². The minimum atomic E-state index is 0.888. The molecule has 0 aromatic heterocycles. The molecule has 2 saturated heterocycles. The molecule has 0 aliphatic carbocycles. The van der Waals surface area contributed by atoms with Gasteiger partial charge < -0.3 is 10.6 Å². The quantitative estimate of drug-likeness (QED) is 0.637. The fourth-order valence-electron chi connectivity index (χ4n) is 2.98. The topological polar surface area (TPSA) is 24.1 Å². The van der Waals surface area contributed by atoms with Crippen LogP contribution in [0.4, 0.5) is 0 Å². The summed E-state index contributed by atoms with van der Waals surface area (Å²) in [6.45, 7) is 7.41. The average molecular weight is 182 g/mol. The van der Waals surface area contributed by atoms with E-state index in [1.165, 1.54) is 45.4 Å². The van der Waals surface area contributed by atoms with Crippen molar-refractivity contribution in [1.29, 1.82) is 0 Å². The standard InChI is InChI=1S/C11H22N2/c1-9-7-13-6-4-11(9)10-3-2-5-12-8-10/h9-13H,2-8H2,1H3. The molecule has 3 unspecified atom stereocenters. The molecule has 2 aliphatic rings. The maximum atomic E-state index is 3.53. The largest absolute Gasteiger partial charge is 0.316 e. The van der Waals surface area contributed by atoms with E-state index in [0.717, 1.165) is 17.8 Å². The molecule has 2 heteroatoms. The van der Waals surface area contributed by atoms with Crippen molar-refractivity contribution >= 4 is 0 Å². The Morgan fingerprint density at radius 3 is 2.54 bits per heavy atom. The monoisotopic (exact) mass is 182 g/mol. The molecule has 3 atom stereocenters. The van der Waals surface area contributed by atoms with E-state index in [1.54, 1.807) is 0 Å². The molecule has 2 fully saturated rings. The van der Waals surface area contributed by atoms with Gasteiger partial charge in [0.15, 0.2) is 0 Å². The first-order valence-corrected chi connectivity index (χ1v) is 5.79. The first-order valence-electron chi connectivity index (χ1n) is 5.79. The summed E-state index contributed by atoms with van der Waals surface area (Å²) in [5.74, 6) is 2.83. The van der Waals surface area contributed by atoms with E-state index < -0.39 is 0 Å². The number of hydrogen-bond donors (Lipinski definition) is 2. The Kier molecular flexibility index (Phi) is 3.23. The van der Waals surface area contributed by atoms with E-state index in [2.05, 4.69) is 17.6 Å². The Bertz CT molecular complexity index is 152. The van der Waals surface area contributed by atoms with E-state index in [4.69, 9.17) is 0 Å². The van der Waals surface area contributed by atoms with Crippen molar-refractivity contribution in [1.82, 2.24) is 10.6 Å². The van der Waals surface area contributed by atoms with Gasteiger partial charge in [0.2, 0.25) is 0 Å². The van der Waals surface area contributed by atoms with Gasteiger partial charge in [-0.1, -0.05) is 6.92 Å². The van der Waals surface area contributed by atoms with Crippen molar-refractivity contribution in [2.24, 2.45) is 17.8 Å². The molecule has 0 radical (unpaired) electrons. The van der Waals surface area contributed by atoms with E-state index in [-0.39, 0.29) is 0 Å². The van der Waals surface area contributed by atoms with Gasteiger partial charge in [0.1, 0.15) is 0 Å². The summed E-state index contributed by atoms with van der Waals surface area (Å²) in [6, 6.07) is 0. The van der Waals surface area contributed by atoms with Gasteiger partial charge in [-0.3, -0.25) is 0 Å². The molecular formula is C11H22N2. The van der Waals surface area contributed by atoms with Crippen LogP contribution in [0, 0.1) is 17.8 Å². The lowest BCUT2D eigenvalue weighted by atomic mass is 9.75. The Labute approximate surface area is 81.5 Å². The number of hydrogen-bond acceptors (Lipinski definition) is 2. The van der Waals surface area contributed by atoms with Gasteiger partial charge in [-0.2, -0.15) is 0 Å². The molecule has 0 amide bonds. The maximum Gasteiger partial charge on any atom is -0.00177 e. The molecule has 2 aliphatic heterocycles. The van der Waals surface area contributed by atoms with Crippen molar-refractivity contribution in [3.63, 3.8) is 0 Å². The Morgan fingerprint density at radius 1 is 1.00 bits per heavy atom. The van der Waals surface area contributed by atoms with Crippen molar-refractivity contribution in [2.45, 2.75) is 26.2 Å². The highest BCUT2D eigenvalue weighted by Crippen LogP contribution is 2.30. The first-order chi connectivity index (χ1) is 6.38. The number of nitrogens with one attached hydrogen (secondary N) is 2. The van der Waals surface area contributed by atoms with Gasteiger partial charge in [0.05, 0.1) is 0 Å². The molecule has 76 valence electrons. The molecule has 0 aromatic carbocycles. The van der Waals surface area contributed by atoms with Gasteiger partial charge in [-0.25, -0.2) is 0 Å². The summed E-state index contributed by atoms with van der Waals surface area (Å²) in [6.07, 6.45) is 4.25. The minimum Gasteiger partial charge on any atom is -0.316 e. The zero-order valence-electron chi connectivity index (χ0n) is 8.68. The average Bonchev–Trinajstić information content (AvgIpc) is 2.20. The van der Waals surface area contributed by atoms with Crippen LogP contribution in [0.25, 0.3) is 0 Å². The summed E-state index contributed by atoms with van der Waals surface area (Å²) in [5.41, 5.74) is 0. The van der Waals surface area contributed by atoms with Gasteiger partial charge in [-0.15, -0.1) is 0 Å². The molecular weight excluding hydrogens is 160 g/mol. The molecule has 2 N–H and O–H groups in total. The van der Waals surface area contributed by atoms with E-state index in [9.17, 15) is 0 Å². The zero-order chi connectivity index (χ0) is 9.10. The second-order valence-electron chi connectivity index (χ2n) is 4.74. The third kappa shape index (κ3) is 2.23. The Hall–Kier alpha value is -0.0800. The van der Waals surface area contributed by atoms with Crippen LogP contribution in [0.5, 0.6) is 0 Å². The third-order valence-electron chi connectivity index (χ3n) is 3.79. The molecule has 2 rings (SSSR count). The zero-order valence-corrected chi connectivity index (χ0v) is 8.68. The van der Waals surface area contributed by atoms with Crippen LogP contribution in [0.15, 0.2) is 0 Å². The fourth-order valence-corrected chi connectivity index (χ4v) is 2.98. The molecule has 2 heterocycles. The second-order valence-corrected chi connectivity index (χ2v) is 4.74. The smallest absolute Gasteiger partial charge is 0.00177 e. The lowest BCUT2D eigenvalue weighted by Crippen LogP contribution is -2.43. The Morgan fingerprint density at radius 2 is 1.85 bits per heavy atom. The summed E-state index contributed by atoms with van der Waals surface area (Å²) in [5, 5.41) is 7.02. The fraction of sp³-hybridized carbons (Fsp3) is 1.00.